The Bertz CT molecular complexity index is 551. The predicted octanol–water partition coefficient (Wildman–Crippen LogP) is 3.43. The van der Waals surface area contributed by atoms with E-state index in [9.17, 15) is 4.39 Å². The topological polar surface area (TPSA) is 34.4 Å². The Morgan fingerprint density at radius 1 is 1.32 bits per heavy atom. The molecule has 0 aliphatic heterocycles. The molecule has 0 aliphatic carbocycles. The van der Waals surface area contributed by atoms with Gasteiger partial charge in [0.1, 0.15) is 5.76 Å². The molecule has 0 fully saturated rings. The largest absolute Gasteiger partial charge is 0.494 e. The fourth-order valence-electron chi connectivity index (χ4n) is 2.11. The van der Waals surface area contributed by atoms with E-state index in [-0.39, 0.29) is 17.6 Å². The van der Waals surface area contributed by atoms with Gasteiger partial charge in [0.2, 0.25) is 0 Å². The van der Waals surface area contributed by atoms with Gasteiger partial charge in [0.15, 0.2) is 11.6 Å². The van der Waals surface area contributed by atoms with E-state index in [0.29, 0.717) is 0 Å². The Morgan fingerprint density at radius 2 is 2.11 bits per heavy atom. The summed E-state index contributed by atoms with van der Waals surface area (Å²) in [4.78, 5) is 0. The van der Waals surface area contributed by atoms with Gasteiger partial charge in [-0.15, -0.1) is 0 Å². The number of hydrogen-bond acceptors (Lipinski definition) is 3. The summed E-state index contributed by atoms with van der Waals surface area (Å²) in [5.41, 5.74) is 1.84. The van der Waals surface area contributed by atoms with Crippen molar-refractivity contribution >= 4 is 0 Å². The number of benzene rings is 1. The number of furan rings is 1. The molecule has 2 aromatic rings. The van der Waals surface area contributed by atoms with Gasteiger partial charge in [-0.05, 0) is 37.2 Å². The Hall–Kier alpha value is -1.81. The summed E-state index contributed by atoms with van der Waals surface area (Å²) >= 11 is 0. The summed E-state index contributed by atoms with van der Waals surface area (Å²) < 4.78 is 24.1. The molecular formula is C15H18FNO2. The zero-order valence-corrected chi connectivity index (χ0v) is 11.4. The highest BCUT2D eigenvalue weighted by atomic mass is 19.1. The quantitative estimate of drug-likeness (QED) is 0.897. The smallest absolute Gasteiger partial charge is 0.165 e. The molecule has 3 nitrogen and oxygen atoms in total. The van der Waals surface area contributed by atoms with Crippen LogP contribution in [0.15, 0.2) is 34.9 Å². The lowest BCUT2D eigenvalue weighted by molar-refractivity contribution is 0.385. The molecule has 1 N–H and O–H groups in total. The highest BCUT2D eigenvalue weighted by molar-refractivity contribution is 5.36. The molecule has 0 saturated carbocycles. The number of rotatable bonds is 5. The first kappa shape index (κ1) is 13.6. The Morgan fingerprint density at radius 3 is 2.63 bits per heavy atom. The second-order valence-electron chi connectivity index (χ2n) is 4.38. The van der Waals surface area contributed by atoms with Crippen molar-refractivity contribution in [3.05, 3.63) is 53.2 Å². The van der Waals surface area contributed by atoms with E-state index in [0.717, 1.165) is 23.4 Å². The minimum absolute atomic E-state index is 0.0807. The average Bonchev–Trinajstić information content (AvgIpc) is 2.82. The van der Waals surface area contributed by atoms with Gasteiger partial charge < -0.3 is 14.5 Å². The van der Waals surface area contributed by atoms with Crippen LogP contribution in [0.3, 0.4) is 0 Å². The first-order valence-corrected chi connectivity index (χ1v) is 6.27. The fraction of sp³-hybridized carbons (Fsp3) is 0.333. The molecule has 0 radical (unpaired) electrons. The Kier molecular flexibility index (Phi) is 4.22. The lowest BCUT2D eigenvalue weighted by Gasteiger charge is -2.17. The van der Waals surface area contributed by atoms with Crippen LogP contribution < -0.4 is 10.1 Å². The molecule has 1 heterocycles. The zero-order chi connectivity index (χ0) is 13.8. The van der Waals surface area contributed by atoms with E-state index in [1.54, 1.807) is 12.3 Å². The molecule has 0 aliphatic rings. The van der Waals surface area contributed by atoms with Crippen LogP contribution in [0.4, 0.5) is 4.39 Å². The normalized spacial score (nSPS) is 12.4. The second kappa shape index (κ2) is 5.89. The van der Waals surface area contributed by atoms with Crippen LogP contribution in [-0.4, -0.2) is 13.7 Å². The Balaban J connectivity index is 2.36. The van der Waals surface area contributed by atoms with Crippen LogP contribution in [-0.2, 0) is 0 Å². The number of aryl methyl sites for hydroxylation is 1. The standard InChI is InChI=1S/C15H18FNO2/c1-4-17-15(12-7-10(2)19-9-12)11-5-6-14(18-3)13(16)8-11/h5-9,15,17H,4H2,1-3H3. The van der Waals surface area contributed by atoms with Crippen LogP contribution in [0, 0.1) is 12.7 Å². The maximum atomic E-state index is 13.8. The van der Waals surface area contributed by atoms with Gasteiger partial charge in [0, 0.05) is 5.56 Å². The fourth-order valence-corrected chi connectivity index (χ4v) is 2.11. The van der Waals surface area contributed by atoms with Crippen LogP contribution in [0.25, 0.3) is 0 Å². The van der Waals surface area contributed by atoms with E-state index < -0.39 is 0 Å². The van der Waals surface area contributed by atoms with Gasteiger partial charge in [-0.3, -0.25) is 0 Å². The molecule has 0 bridgehead atoms. The van der Waals surface area contributed by atoms with E-state index in [2.05, 4.69) is 5.32 Å². The van der Waals surface area contributed by atoms with E-state index in [1.165, 1.54) is 13.2 Å². The van der Waals surface area contributed by atoms with Crippen molar-refractivity contribution in [2.45, 2.75) is 19.9 Å². The molecule has 102 valence electrons. The van der Waals surface area contributed by atoms with E-state index in [4.69, 9.17) is 9.15 Å². The van der Waals surface area contributed by atoms with Crippen LogP contribution >= 0.6 is 0 Å². The number of halogens is 1. The van der Waals surface area contributed by atoms with Crippen molar-refractivity contribution in [2.24, 2.45) is 0 Å². The monoisotopic (exact) mass is 263 g/mol. The van der Waals surface area contributed by atoms with Crippen molar-refractivity contribution in [1.82, 2.24) is 5.32 Å². The average molecular weight is 263 g/mol. The lowest BCUT2D eigenvalue weighted by Crippen LogP contribution is -2.21. The number of nitrogens with one attached hydrogen (secondary N) is 1. The van der Waals surface area contributed by atoms with Gasteiger partial charge in [-0.2, -0.15) is 0 Å². The van der Waals surface area contributed by atoms with Crippen LogP contribution in [0.1, 0.15) is 29.9 Å². The second-order valence-corrected chi connectivity index (χ2v) is 4.38. The molecule has 2 rings (SSSR count). The zero-order valence-electron chi connectivity index (χ0n) is 11.4. The Labute approximate surface area is 112 Å². The molecule has 19 heavy (non-hydrogen) atoms. The number of hydrogen-bond donors (Lipinski definition) is 1. The van der Waals surface area contributed by atoms with E-state index in [1.807, 2.05) is 26.0 Å². The summed E-state index contributed by atoms with van der Waals surface area (Å²) in [6.45, 7) is 4.68. The van der Waals surface area contributed by atoms with Gasteiger partial charge in [0.25, 0.3) is 0 Å². The molecule has 0 spiro atoms. The SMILES string of the molecule is CCNC(c1coc(C)c1)c1ccc(OC)c(F)c1. The first-order chi connectivity index (χ1) is 9.15. The van der Waals surface area contributed by atoms with Gasteiger partial charge in [-0.1, -0.05) is 13.0 Å². The minimum Gasteiger partial charge on any atom is -0.494 e. The molecule has 0 saturated heterocycles. The van der Waals surface area contributed by atoms with Crippen molar-refractivity contribution < 1.29 is 13.5 Å². The highest BCUT2D eigenvalue weighted by Gasteiger charge is 2.17. The minimum atomic E-state index is -0.358. The summed E-state index contributed by atoms with van der Waals surface area (Å²) in [5.74, 6) is 0.734. The number of ether oxygens (including phenoxy) is 1. The highest BCUT2D eigenvalue weighted by Crippen LogP contribution is 2.27. The van der Waals surface area contributed by atoms with Crippen molar-refractivity contribution in [3.63, 3.8) is 0 Å². The predicted molar refractivity (Wildman–Crippen MR) is 71.9 cm³/mol. The van der Waals surface area contributed by atoms with Gasteiger partial charge in [0.05, 0.1) is 19.4 Å². The third-order valence-electron chi connectivity index (χ3n) is 3.00. The van der Waals surface area contributed by atoms with Crippen LogP contribution in [0.2, 0.25) is 0 Å². The van der Waals surface area contributed by atoms with Crippen molar-refractivity contribution in [3.8, 4) is 5.75 Å². The first-order valence-electron chi connectivity index (χ1n) is 6.27. The summed E-state index contributed by atoms with van der Waals surface area (Å²) in [6, 6.07) is 6.87. The summed E-state index contributed by atoms with van der Waals surface area (Å²) in [7, 11) is 1.46. The molecule has 1 aromatic heterocycles. The molecule has 0 amide bonds. The van der Waals surface area contributed by atoms with Crippen molar-refractivity contribution in [1.29, 1.82) is 0 Å². The summed E-state index contributed by atoms with van der Waals surface area (Å²) in [5, 5.41) is 3.33. The molecule has 1 aromatic carbocycles. The van der Waals surface area contributed by atoms with Crippen LogP contribution in [0.5, 0.6) is 5.75 Å². The van der Waals surface area contributed by atoms with Gasteiger partial charge >= 0.3 is 0 Å². The van der Waals surface area contributed by atoms with Crippen molar-refractivity contribution in [2.75, 3.05) is 13.7 Å². The lowest BCUT2D eigenvalue weighted by atomic mass is 10.0. The molecular weight excluding hydrogens is 245 g/mol. The molecule has 1 atom stereocenters. The van der Waals surface area contributed by atoms with Gasteiger partial charge in [-0.25, -0.2) is 4.39 Å². The third kappa shape index (κ3) is 2.96. The number of methoxy groups -OCH3 is 1. The molecule has 1 unspecified atom stereocenters. The maximum absolute atomic E-state index is 13.8. The molecule has 4 heteroatoms. The van der Waals surface area contributed by atoms with E-state index >= 15 is 0 Å². The third-order valence-corrected chi connectivity index (χ3v) is 3.00. The summed E-state index contributed by atoms with van der Waals surface area (Å²) in [6.07, 6.45) is 1.70. The maximum Gasteiger partial charge on any atom is 0.165 e.